The fraction of sp³-hybridized carbons (Fsp3) is 0.333. The Kier molecular flexibility index (Phi) is 4.76. The SMILES string of the molecule is COc1ccc(CCNc2cc(C)nc(OC)n2)cc1. The lowest BCUT2D eigenvalue weighted by Gasteiger charge is -2.08. The van der Waals surface area contributed by atoms with Crippen LogP contribution in [0.2, 0.25) is 0 Å². The topological polar surface area (TPSA) is 56.3 Å². The molecule has 0 fully saturated rings. The molecule has 0 atom stereocenters. The van der Waals surface area contributed by atoms with Gasteiger partial charge in [0.05, 0.1) is 14.2 Å². The summed E-state index contributed by atoms with van der Waals surface area (Å²) >= 11 is 0. The third-order valence-electron chi connectivity index (χ3n) is 2.90. The highest BCUT2D eigenvalue weighted by Crippen LogP contribution is 2.13. The molecule has 0 spiro atoms. The van der Waals surface area contributed by atoms with Crippen molar-refractivity contribution < 1.29 is 9.47 Å². The maximum Gasteiger partial charge on any atom is 0.318 e. The zero-order chi connectivity index (χ0) is 14.4. The van der Waals surface area contributed by atoms with E-state index in [1.807, 2.05) is 25.1 Å². The fourth-order valence-electron chi connectivity index (χ4n) is 1.85. The van der Waals surface area contributed by atoms with E-state index in [1.54, 1.807) is 14.2 Å². The molecule has 1 heterocycles. The zero-order valence-corrected chi connectivity index (χ0v) is 12.0. The highest BCUT2D eigenvalue weighted by molar-refractivity contribution is 5.37. The summed E-state index contributed by atoms with van der Waals surface area (Å²) in [6, 6.07) is 10.3. The van der Waals surface area contributed by atoms with Crippen molar-refractivity contribution in [1.29, 1.82) is 0 Å². The van der Waals surface area contributed by atoms with Crippen LogP contribution in [0, 0.1) is 6.92 Å². The number of hydrogen-bond acceptors (Lipinski definition) is 5. The van der Waals surface area contributed by atoms with Crippen molar-refractivity contribution in [3.05, 3.63) is 41.6 Å². The van der Waals surface area contributed by atoms with Crippen LogP contribution < -0.4 is 14.8 Å². The van der Waals surface area contributed by atoms with Crippen LogP contribution >= 0.6 is 0 Å². The van der Waals surface area contributed by atoms with Crippen LogP contribution in [0.3, 0.4) is 0 Å². The molecule has 106 valence electrons. The van der Waals surface area contributed by atoms with Gasteiger partial charge >= 0.3 is 6.01 Å². The fourth-order valence-corrected chi connectivity index (χ4v) is 1.85. The predicted octanol–water partition coefficient (Wildman–Crippen LogP) is 2.46. The zero-order valence-electron chi connectivity index (χ0n) is 12.0. The van der Waals surface area contributed by atoms with Gasteiger partial charge in [0.2, 0.25) is 0 Å². The molecule has 0 amide bonds. The van der Waals surface area contributed by atoms with E-state index in [0.29, 0.717) is 6.01 Å². The maximum absolute atomic E-state index is 5.14. The van der Waals surface area contributed by atoms with E-state index in [1.165, 1.54) is 5.56 Å². The smallest absolute Gasteiger partial charge is 0.318 e. The average molecular weight is 273 g/mol. The van der Waals surface area contributed by atoms with Gasteiger partial charge in [-0.2, -0.15) is 4.98 Å². The van der Waals surface area contributed by atoms with Crippen LogP contribution in [0.1, 0.15) is 11.3 Å². The Hall–Kier alpha value is -2.30. The van der Waals surface area contributed by atoms with Gasteiger partial charge in [-0.25, -0.2) is 4.98 Å². The van der Waals surface area contributed by atoms with Crippen molar-refractivity contribution in [3.8, 4) is 11.8 Å². The second-order valence-electron chi connectivity index (χ2n) is 4.41. The monoisotopic (exact) mass is 273 g/mol. The minimum atomic E-state index is 0.386. The molecule has 5 nitrogen and oxygen atoms in total. The minimum Gasteiger partial charge on any atom is -0.497 e. The summed E-state index contributed by atoms with van der Waals surface area (Å²) in [5.41, 5.74) is 2.12. The molecule has 0 aliphatic carbocycles. The molecule has 5 heteroatoms. The van der Waals surface area contributed by atoms with Gasteiger partial charge in [0.1, 0.15) is 11.6 Å². The lowest BCUT2D eigenvalue weighted by Crippen LogP contribution is -2.08. The highest BCUT2D eigenvalue weighted by Gasteiger charge is 2.01. The summed E-state index contributed by atoms with van der Waals surface area (Å²) in [5.74, 6) is 1.65. The van der Waals surface area contributed by atoms with E-state index in [9.17, 15) is 0 Å². The highest BCUT2D eigenvalue weighted by atomic mass is 16.5. The molecule has 2 aromatic rings. The number of hydrogen-bond donors (Lipinski definition) is 1. The van der Waals surface area contributed by atoms with Gasteiger partial charge in [0.15, 0.2) is 0 Å². The lowest BCUT2D eigenvalue weighted by molar-refractivity contribution is 0.379. The molecule has 0 saturated carbocycles. The number of ether oxygens (including phenoxy) is 2. The second-order valence-corrected chi connectivity index (χ2v) is 4.41. The standard InChI is InChI=1S/C15H19N3O2/c1-11-10-14(18-15(17-11)20-3)16-9-8-12-4-6-13(19-2)7-5-12/h4-7,10H,8-9H2,1-3H3,(H,16,17,18). The number of rotatable bonds is 6. The van der Waals surface area contributed by atoms with E-state index in [2.05, 4.69) is 27.4 Å². The summed E-state index contributed by atoms with van der Waals surface area (Å²) in [4.78, 5) is 8.40. The molecule has 1 N–H and O–H groups in total. The number of anilines is 1. The number of aryl methyl sites for hydroxylation is 1. The summed E-state index contributed by atoms with van der Waals surface area (Å²) in [6.45, 7) is 2.71. The molecule has 0 aliphatic rings. The number of nitrogens with one attached hydrogen (secondary N) is 1. The van der Waals surface area contributed by atoms with Crippen molar-refractivity contribution in [2.45, 2.75) is 13.3 Å². The number of nitrogens with zero attached hydrogens (tertiary/aromatic N) is 2. The van der Waals surface area contributed by atoms with Gasteiger partial charge < -0.3 is 14.8 Å². The third-order valence-corrected chi connectivity index (χ3v) is 2.90. The molecule has 0 unspecified atom stereocenters. The Bertz CT molecular complexity index is 556. The first-order valence-corrected chi connectivity index (χ1v) is 6.47. The summed E-state index contributed by atoms with van der Waals surface area (Å²) in [6.07, 6.45) is 0.912. The largest absolute Gasteiger partial charge is 0.497 e. The molecular weight excluding hydrogens is 254 g/mol. The molecule has 1 aromatic heterocycles. The van der Waals surface area contributed by atoms with Gasteiger partial charge in [0.25, 0.3) is 0 Å². The molecule has 0 saturated heterocycles. The normalized spacial score (nSPS) is 10.2. The Morgan fingerprint density at radius 3 is 2.45 bits per heavy atom. The average Bonchev–Trinajstić information content (AvgIpc) is 2.47. The lowest BCUT2D eigenvalue weighted by atomic mass is 10.1. The number of aromatic nitrogens is 2. The molecule has 0 radical (unpaired) electrons. The van der Waals surface area contributed by atoms with Crippen molar-refractivity contribution in [1.82, 2.24) is 9.97 Å². The van der Waals surface area contributed by atoms with Crippen LogP contribution in [0.4, 0.5) is 5.82 Å². The Morgan fingerprint density at radius 2 is 1.80 bits per heavy atom. The Morgan fingerprint density at radius 1 is 1.05 bits per heavy atom. The van der Waals surface area contributed by atoms with Crippen molar-refractivity contribution in [3.63, 3.8) is 0 Å². The molecule has 0 bridgehead atoms. The van der Waals surface area contributed by atoms with Crippen molar-refractivity contribution in [2.24, 2.45) is 0 Å². The van der Waals surface area contributed by atoms with Crippen LogP contribution in [0.5, 0.6) is 11.8 Å². The van der Waals surface area contributed by atoms with Gasteiger partial charge in [0, 0.05) is 18.3 Å². The van der Waals surface area contributed by atoms with E-state index in [4.69, 9.17) is 9.47 Å². The molecule has 0 aliphatic heterocycles. The second kappa shape index (κ2) is 6.75. The molecule has 1 aromatic carbocycles. The Labute approximate surface area is 119 Å². The van der Waals surface area contributed by atoms with Crippen LogP contribution in [0.25, 0.3) is 0 Å². The molecular formula is C15H19N3O2. The Balaban J connectivity index is 1.90. The van der Waals surface area contributed by atoms with Crippen molar-refractivity contribution in [2.75, 3.05) is 26.1 Å². The first kappa shape index (κ1) is 14.1. The quantitative estimate of drug-likeness (QED) is 0.876. The predicted molar refractivity (Wildman–Crippen MR) is 78.5 cm³/mol. The number of benzene rings is 1. The van der Waals surface area contributed by atoms with E-state index in [-0.39, 0.29) is 0 Å². The van der Waals surface area contributed by atoms with Crippen LogP contribution in [-0.4, -0.2) is 30.7 Å². The van der Waals surface area contributed by atoms with Crippen LogP contribution in [-0.2, 0) is 6.42 Å². The van der Waals surface area contributed by atoms with E-state index in [0.717, 1.165) is 30.2 Å². The van der Waals surface area contributed by atoms with Gasteiger partial charge in [-0.05, 0) is 31.0 Å². The van der Waals surface area contributed by atoms with Crippen molar-refractivity contribution >= 4 is 5.82 Å². The van der Waals surface area contributed by atoms with Gasteiger partial charge in [-0.3, -0.25) is 0 Å². The summed E-state index contributed by atoms with van der Waals surface area (Å²) in [7, 11) is 3.23. The first-order valence-electron chi connectivity index (χ1n) is 6.47. The van der Waals surface area contributed by atoms with Gasteiger partial charge in [-0.15, -0.1) is 0 Å². The summed E-state index contributed by atoms with van der Waals surface area (Å²) in [5, 5.41) is 3.27. The van der Waals surface area contributed by atoms with E-state index < -0.39 is 0 Å². The number of methoxy groups -OCH3 is 2. The maximum atomic E-state index is 5.14. The first-order chi connectivity index (χ1) is 9.71. The minimum absolute atomic E-state index is 0.386. The van der Waals surface area contributed by atoms with Crippen LogP contribution in [0.15, 0.2) is 30.3 Å². The van der Waals surface area contributed by atoms with Gasteiger partial charge in [-0.1, -0.05) is 12.1 Å². The molecule has 20 heavy (non-hydrogen) atoms. The molecule has 2 rings (SSSR count). The van der Waals surface area contributed by atoms with E-state index >= 15 is 0 Å². The summed E-state index contributed by atoms with van der Waals surface area (Å²) < 4.78 is 10.2. The third kappa shape index (κ3) is 3.85.